The summed E-state index contributed by atoms with van der Waals surface area (Å²) in [5.74, 6) is 0.305. The molecule has 32 heavy (non-hydrogen) atoms. The average Bonchev–Trinajstić information content (AvgIpc) is 3.55. The molecule has 4 N–H and O–H groups in total. The predicted octanol–water partition coefficient (Wildman–Crippen LogP) is 1.20. The van der Waals surface area contributed by atoms with Crippen LogP contribution < -0.4 is 16.4 Å². The van der Waals surface area contributed by atoms with Gasteiger partial charge in [-0.15, -0.1) is 0 Å². The van der Waals surface area contributed by atoms with E-state index >= 15 is 0 Å². The predicted molar refractivity (Wildman–Crippen MR) is 117 cm³/mol. The van der Waals surface area contributed by atoms with Gasteiger partial charge in [0.2, 0.25) is 17.7 Å². The molecule has 6 aliphatic rings. The molecule has 4 bridgehead atoms. The monoisotopic (exact) mass is 441 g/mol. The smallest absolute Gasteiger partial charge is 0.244 e. The molecule has 6 rings (SSSR count). The van der Waals surface area contributed by atoms with Crippen molar-refractivity contribution in [3.63, 3.8) is 0 Å². The minimum absolute atomic E-state index is 0.0522. The van der Waals surface area contributed by atoms with Crippen molar-refractivity contribution in [2.75, 3.05) is 6.54 Å². The van der Waals surface area contributed by atoms with Crippen LogP contribution in [0.3, 0.4) is 0 Å². The third-order valence-electron chi connectivity index (χ3n) is 9.34. The zero-order valence-corrected chi connectivity index (χ0v) is 18.7. The summed E-state index contributed by atoms with van der Waals surface area (Å²) >= 11 is 0. The molecule has 0 aromatic carbocycles. The van der Waals surface area contributed by atoms with E-state index in [0.717, 1.165) is 63.7 Å². The molecule has 8 nitrogen and oxygen atoms in total. The second-order valence-electron chi connectivity index (χ2n) is 10.9. The summed E-state index contributed by atoms with van der Waals surface area (Å²) in [4.78, 5) is 40.7. The normalized spacial score (nSPS) is 39.4. The van der Waals surface area contributed by atoms with E-state index in [1.54, 1.807) is 4.90 Å². The Bertz CT molecular complexity index is 816. The summed E-state index contributed by atoms with van der Waals surface area (Å²) in [6.07, 6.45) is 10.2. The van der Waals surface area contributed by atoms with Gasteiger partial charge in [-0.25, -0.2) is 0 Å². The van der Waals surface area contributed by atoms with Gasteiger partial charge in [-0.3, -0.25) is 14.4 Å². The molecule has 0 spiro atoms. The summed E-state index contributed by atoms with van der Waals surface area (Å²) in [5.41, 5.74) is 6.56. The van der Waals surface area contributed by atoms with Crippen LogP contribution in [0, 0.1) is 34.5 Å². The fraction of sp³-hybridized carbons (Fsp3) is 0.833. The number of amides is 3. The molecule has 0 aromatic rings. The molecule has 4 saturated carbocycles. The first kappa shape index (κ1) is 21.7. The van der Waals surface area contributed by atoms with Crippen molar-refractivity contribution < 1.29 is 14.4 Å². The molecular formula is C24H35N5O3. The molecule has 4 aliphatic carbocycles. The highest BCUT2D eigenvalue weighted by molar-refractivity contribution is 5.92. The minimum atomic E-state index is -0.728. The zero-order chi connectivity index (χ0) is 22.5. The highest BCUT2D eigenvalue weighted by Crippen LogP contribution is 2.53. The number of hydrogen-bond donors (Lipinski definition) is 3. The number of carbonyl (C=O) groups is 3. The topological polar surface area (TPSA) is 128 Å². The number of hydrogen-bond acceptors (Lipinski definition) is 5. The van der Waals surface area contributed by atoms with E-state index in [1.165, 1.54) is 0 Å². The number of likely N-dealkylation sites (tertiary alicyclic amines) is 1. The maximum absolute atomic E-state index is 13.7. The maximum atomic E-state index is 13.7. The van der Waals surface area contributed by atoms with Gasteiger partial charge in [-0.1, -0.05) is 0 Å². The Morgan fingerprint density at radius 2 is 1.91 bits per heavy atom. The van der Waals surface area contributed by atoms with Crippen LogP contribution in [0.2, 0.25) is 0 Å². The third-order valence-corrected chi connectivity index (χ3v) is 9.34. The van der Waals surface area contributed by atoms with Crippen LogP contribution in [0.25, 0.3) is 0 Å². The Hall–Kier alpha value is -2.14. The number of nitrogens with zero attached hydrogens (tertiary/aromatic N) is 2. The number of fused-ring (bicyclic) bond motifs is 5. The van der Waals surface area contributed by atoms with Gasteiger partial charge in [0.05, 0.1) is 12.1 Å². The van der Waals surface area contributed by atoms with Gasteiger partial charge in [0.15, 0.2) is 0 Å². The van der Waals surface area contributed by atoms with Crippen molar-refractivity contribution in [2.24, 2.45) is 28.9 Å². The number of nitriles is 1. The Morgan fingerprint density at radius 3 is 2.53 bits per heavy atom. The highest BCUT2D eigenvalue weighted by Gasteiger charge is 2.55. The molecular weight excluding hydrogens is 406 g/mol. The van der Waals surface area contributed by atoms with E-state index in [-0.39, 0.29) is 41.0 Å². The summed E-state index contributed by atoms with van der Waals surface area (Å²) in [7, 11) is 0. The van der Waals surface area contributed by atoms with Crippen LogP contribution in [-0.4, -0.2) is 53.3 Å². The van der Waals surface area contributed by atoms with E-state index in [9.17, 15) is 19.6 Å². The van der Waals surface area contributed by atoms with Gasteiger partial charge in [-0.2, -0.15) is 5.26 Å². The van der Waals surface area contributed by atoms with Crippen LogP contribution in [-0.2, 0) is 14.4 Å². The Balaban J connectivity index is 1.29. The second kappa shape index (κ2) is 8.33. The molecule has 0 unspecified atom stereocenters. The minimum Gasteiger partial charge on any atom is -0.356 e. The van der Waals surface area contributed by atoms with Crippen molar-refractivity contribution >= 4 is 17.7 Å². The molecule has 3 amide bonds. The highest BCUT2D eigenvalue weighted by atomic mass is 16.2. The van der Waals surface area contributed by atoms with E-state index in [1.807, 2.05) is 0 Å². The lowest BCUT2D eigenvalue weighted by atomic mass is 9.57. The number of nitrogens with one attached hydrogen (secondary N) is 2. The van der Waals surface area contributed by atoms with Crippen molar-refractivity contribution in [3.05, 3.63) is 0 Å². The lowest BCUT2D eigenvalue weighted by Crippen LogP contribution is -2.62. The molecule has 2 aliphatic heterocycles. The summed E-state index contributed by atoms with van der Waals surface area (Å²) in [6, 6.07) is 0.401. The second-order valence-corrected chi connectivity index (χ2v) is 10.9. The summed E-state index contributed by atoms with van der Waals surface area (Å²) < 4.78 is 0. The largest absolute Gasteiger partial charge is 0.356 e. The van der Waals surface area contributed by atoms with Crippen LogP contribution in [0.1, 0.15) is 70.6 Å². The number of carbonyl (C=O) groups excluding carboxylic acids is 3. The van der Waals surface area contributed by atoms with Crippen molar-refractivity contribution in [3.8, 4) is 6.07 Å². The van der Waals surface area contributed by atoms with Crippen LogP contribution in [0.4, 0.5) is 0 Å². The molecule has 0 radical (unpaired) electrons. The quantitative estimate of drug-likeness (QED) is 0.570. The van der Waals surface area contributed by atoms with Gasteiger partial charge in [0.1, 0.15) is 12.1 Å². The zero-order valence-electron chi connectivity index (χ0n) is 18.7. The first-order chi connectivity index (χ1) is 15.4. The Kier molecular flexibility index (Phi) is 5.65. The van der Waals surface area contributed by atoms with Crippen LogP contribution in [0.5, 0.6) is 0 Å². The van der Waals surface area contributed by atoms with Crippen molar-refractivity contribution in [1.82, 2.24) is 15.5 Å². The lowest BCUT2D eigenvalue weighted by Gasteiger charge is -2.50. The number of rotatable bonds is 6. The first-order valence-corrected chi connectivity index (χ1v) is 12.5. The molecule has 6 atom stereocenters. The van der Waals surface area contributed by atoms with E-state index < -0.39 is 18.1 Å². The lowest BCUT2D eigenvalue weighted by molar-refractivity contribution is -0.148. The first-order valence-electron chi connectivity index (χ1n) is 12.5. The van der Waals surface area contributed by atoms with Crippen LogP contribution in [0.15, 0.2) is 0 Å². The standard InChI is InChI=1S/C24H35N5O3/c25-13-17(11-16-6-10-27-21(16)30)28-22(31)19-15-1-2-18(12-15)29(19)23(32)20(26)24-7-3-14(4-8-24)5-9-24/h14-20H,1-12,26H2,(H,27,30)(H,28,31)/t14?,15-,16-,17-,18+,19-,20+,24?/m0/s1. The third kappa shape index (κ3) is 3.59. The fourth-order valence-corrected chi connectivity index (χ4v) is 7.37. The Labute approximate surface area is 189 Å². The molecule has 174 valence electrons. The number of piperidine rings is 1. The molecule has 0 aromatic heterocycles. The molecule has 2 saturated heterocycles. The van der Waals surface area contributed by atoms with Gasteiger partial charge >= 0.3 is 0 Å². The summed E-state index contributed by atoms with van der Waals surface area (Å²) in [6.45, 7) is 0.616. The molecule has 6 fully saturated rings. The van der Waals surface area contributed by atoms with Gasteiger partial charge in [0.25, 0.3) is 0 Å². The van der Waals surface area contributed by atoms with Crippen LogP contribution >= 0.6 is 0 Å². The van der Waals surface area contributed by atoms with Crippen molar-refractivity contribution in [1.29, 1.82) is 5.26 Å². The average molecular weight is 442 g/mol. The SMILES string of the molecule is N#C[C@H](C[C@@H]1CCNC1=O)NC(=O)[C@@H]1[C@H]2CC[C@H](C2)N1C(=O)[C@@H](N)C12CCC(CC1)CC2. The van der Waals surface area contributed by atoms with Gasteiger partial charge < -0.3 is 21.3 Å². The van der Waals surface area contributed by atoms with Gasteiger partial charge in [-0.05, 0) is 87.9 Å². The number of nitrogens with two attached hydrogens (primary N) is 1. The van der Waals surface area contributed by atoms with E-state index in [4.69, 9.17) is 5.73 Å². The van der Waals surface area contributed by atoms with E-state index in [0.29, 0.717) is 19.4 Å². The van der Waals surface area contributed by atoms with Gasteiger partial charge in [0, 0.05) is 18.5 Å². The fourth-order valence-electron chi connectivity index (χ4n) is 7.37. The van der Waals surface area contributed by atoms with E-state index in [2.05, 4.69) is 16.7 Å². The maximum Gasteiger partial charge on any atom is 0.244 e. The summed E-state index contributed by atoms with van der Waals surface area (Å²) in [5, 5.41) is 15.2. The Morgan fingerprint density at radius 1 is 1.19 bits per heavy atom. The molecule has 8 heteroatoms. The van der Waals surface area contributed by atoms with Crippen molar-refractivity contribution in [2.45, 2.75) is 94.8 Å². The molecule has 2 heterocycles.